The molecule has 1 saturated carbocycles. The Hall–Kier alpha value is -3.41. The van der Waals surface area contributed by atoms with Crippen molar-refractivity contribution in [3.63, 3.8) is 0 Å². The second-order valence-corrected chi connectivity index (χ2v) is 7.14. The Morgan fingerprint density at radius 1 is 0.964 bits per heavy atom. The number of anilines is 1. The number of aromatic nitrogens is 4. The Labute approximate surface area is 163 Å². The van der Waals surface area contributed by atoms with Crippen molar-refractivity contribution in [1.29, 1.82) is 0 Å². The van der Waals surface area contributed by atoms with Crippen LogP contribution in [0.1, 0.15) is 43.1 Å². The van der Waals surface area contributed by atoms with E-state index in [9.17, 15) is 0 Å². The first-order chi connectivity index (χ1) is 13.8. The monoisotopic (exact) mass is 371 g/mol. The summed E-state index contributed by atoms with van der Waals surface area (Å²) in [5.41, 5.74) is 1.85. The minimum Gasteiger partial charge on any atom is -0.457 e. The standard InChI is InChI=1S/C22H21N5O/c1-15(18-9-5-6-10-19(18)28-17-7-3-2-4-8-17)23-20-13-14-21-24-25-22(16-11-12-16)27(21)26-20/h2-10,13-16H,11-12H2,1H3,(H,23,26). The molecule has 0 saturated heterocycles. The first-order valence-corrected chi connectivity index (χ1v) is 9.58. The van der Waals surface area contributed by atoms with Crippen molar-refractivity contribution in [2.75, 3.05) is 5.32 Å². The van der Waals surface area contributed by atoms with Crippen molar-refractivity contribution in [3.05, 3.63) is 78.1 Å². The molecular formula is C22H21N5O. The van der Waals surface area contributed by atoms with Crippen LogP contribution >= 0.6 is 0 Å². The van der Waals surface area contributed by atoms with E-state index in [0.29, 0.717) is 5.92 Å². The molecule has 1 aliphatic carbocycles. The molecule has 2 aromatic carbocycles. The summed E-state index contributed by atoms with van der Waals surface area (Å²) < 4.78 is 7.96. The van der Waals surface area contributed by atoms with Crippen LogP contribution in [0.5, 0.6) is 11.5 Å². The summed E-state index contributed by atoms with van der Waals surface area (Å²) in [7, 11) is 0. The van der Waals surface area contributed by atoms with E-state index in [-0.39, 0.29) is 6.04 Å². The maximum atomic E-state index is 6.10. The third-order valence-corrected chi connectivity index (χ3v) is 4.95. The van der Waals surface area contributed by atoms with E-state index in [0.717, 1.165) is 34.4 Å². The predicted octanol–water partition coefficient (Wildman–Crippen LogP) is 4.97. The first-order valence-electron chi connectivity index (χ1n) is 9.58. The average Bonchev–Trinajstić information content (AvgIpc) is 3.48. The fraction of sp³-hybridized carbons (Fsp3) is 0.227. The third kappa shape index (κ3) is 3.29. The van der Waals surface area contributed by atoms with Gasteiger partial charge in [0.15, 0.2) is 11.5 Å². The van der Waals surface area contributed by atoms with Crippen LogP contribution in [0.25, 0.3) is 5.65 Å². The second-order valence-electron chi connectivity index (χ2n) is 7.14. The number of hydrogen-bond acceptors (Lipinski definition) is 5. The van der Waals surface area contributed by atoms with Crippen molar-refractivity contribution < 1.29 is 4.74 Å². The van der Waals surface area contributed by atoms with Gasteiger partial charge in [-0.15, -0.1) is 15.3 Å². The molecule has 0 bridgehead atoms. The number of ether oxygens (including phenoxy) is 1. The third-order valence-electron chi connectivity index (χ3n) is 4.95. The second kappa shape index (κ2) is 6.96. The summed E-state index contributed by atoms with van der Waals surface area (Å²) in [5, 5.41) is 16.7. The number of nitrogens with one attached hydrogen (secondary N) is 1. The van der Waals surface area contributed by atoms with Gasteiger partial charge in [-0.2, -0.15) is 4.52 Å². The van der Waals surface area contributed by atoms with Gasteiger partial charge in [-0.3, -0.25) is 0 Å². The Balaban J connectivity index is 1.40. The highest BCUT2D eigenvalue weighted by molar-refractivity contribution is 5.48. The van der Waals surface area contributed by atoms with Crippen LogP contribution in [0.15, 0.2) is 66.7 Å². The van der Waals surface area contributed by atoms with E-state index < -0.39 is 0 Å². The molecule has 5 rings (SSSR count). The molecule has 1 aliphatic rings. The van der Waals surface area contributed by atoms with Gasteiger partial charge in [-0.1, -0.05) is 36.4 Å². The zero-order valence-corrected chi connectivity index (χ0v) is 15.6. The molecule has 1 atom stereocenters. The lowest BCUT2D eigenvalue weighted by atomic mass is 10.1. The SMILES string of the molecule is CC(Nc1ccc2nnc(C3CC3)n2n1)c1ccccc1Oc1ccccc1. The topological polar surface area (TPSA) is 64.3 Å². The number of benzene rings is 2. The molecule has 28 heavy (non-hydrogen) atoms. The number of nitrogens with zero attached hydrogens (tertiary/aromatic N) is 4. The van der Waals surface area contributed by atoms with Crippen LogP contribution < -0.4 is 10.1 Å². The van der Waals surface area contributed by atoms with Crippen LogP contribution in [-0.2, 0) is 0 Å². The Kier molecular flexibility index (Phi) is 4.16. The minimum atomic E-state index is 0.0192. The number of fused-ring (bicyclic) bond motifs is 1. The van der Waals surface area contributed by atoms with E-state index in [1.807, 2.05) is 65.2 Å². The summed E-state index contributed by atoms with van der Waals surface area (Å²) in [5.74, 6) is 3.89. The molecule has 6 nitrogen and oxygen atoms in total. The predicted molar refractivity (Wildman–Crippen MR) is 108 cm³/mol. The average molecular weight is 371 g/mol. The number of hydrogen-bond donors (Lipinski definition) is 1. The van der Waals surface area contributed by atoms with Gasteiger partial charge < -0.3 is 10.1 Å². The first kappa shape index (κ1) is 16.7. The fourth-order valence-corrected chi connectivity index (χ4v) is 3.32. The molecule has 6 heteroatoms. The Morgan fingerprint density at radius 3 is 2.57 bits per heavy atom. The highest BCUT2D eigenvalue weighted by atomic mass is 16.5. The van der Waals surface area contributed by atoms with Gasteiger partial charge in [-0.25, -0.2) is 0 Å². The highest BCUT2D eigenvalue weighted by Gasteiger charge is 2.29. The van der Waals surface area contributed by atoms with E-state index in [1.165, 1.54) is 12.8 Å². The summed E-state index contributed by atoms with van der Waals surface area (Å²) in [6.07, 6.45) is 2.33. The summed E-state index contributed by atoms with van der Waals surface area (Å²) >= 11 is 0. The molecule has 4 aromatic rings. The van der Waals surface area contributed by atoms with Gasteiger partial charge in [0.2, 0.25) is 0 Å². The van der Waals surface area contributed by atoms with E-state index >= 15 is 0 Å². The van der Waals surface area contributed by atoms with Crippen LogP contribution in [0, 0.1) is 0 Å². The lowest BCUT2D eigenvalue weighted by Crippen LogP contribution is -2.11. The van der Waals surface area contributed by atoms with Gasteiger partial charge in [0.05, 0.1) is 6.04 Å². The maximum Gasteiger partial charge on any atom is 0.178 e. The molecule has 1 fully saturated rings. The molecule has 0 aliphatic heterocycles. The summed E-state index contributed by atoms with van der Waals surface area (Å²) in [6.45, 7) is 2.10. The minimum absolute atomic E-state index is 0.0192. The van der Waals surface area contributed by atoms with Crippen LogP contribution in [0.4, 0.5) is 5.82 Å². The summed E-state index contributed by atoms with van der Waals surface area (Å²) in [6, 6.07) is 21.8. The molecule has 0 amide bonds. The fourth-order valence-electron chi connectivity index (χ4n) is 3.32. The highest BCUT2D eigenvalue weighted by Crippen LogP contribution is 2.39. The Bertz CT molecular complexity index is 1100. The van der Waals surface area contributed by atoms with Gasteiger partial charge in [0.25, 0.3) is 0 Å². The molecule has 140 valence electrons. The smallest absolute Gasteiger partial charge is 0.178 e. The summed E-state index contributed by atoms with van der Waals surface area (Å²) in [4.78, 5) is 0. The van der Waals surface area contributed by atoms with Crippen LogP contribution in [-0.4, -0.2) is 19.8 Å². The molecular weight excluding hydrogens is 350 g/mol. The Morgan fingerprint density at radius 2 is 1.75 bits per heavy atom. The van der Waals surface area contributed by atoms with Crippen LogP contribution in [0.2, 0.25) is 0 Å². The largest absolute Gasteiger partial charge is 0.457 e. The zero-order chi connectivity index (χ0) is 18.9. The van der Waals surface area contributed by atoms with E-state index in [1.54, 1.807) is 0 Å². The normalized spacial score (nSPS) is 14.8. The van der Waals surface area contributed by atoms with Crippen molar-refractivity contribution in [3.8, 4) is 11.5 Å². The number of rotatable bonds is 6. The molecule has 0 radical (unpaired) electrons. The number of para-hydroxylation sites is 2. The van der Waals surface area contributed by atoms with E-state index in [2.05, 4.69) is 28.5 Å². The molecule has 0 spiro atoms. The lowest BCUT2D eigenvalue weighted by molar-refractivity contribution is 0.473. The molecule has 1 N–H and O–H groups in total. The van der Waals surface area contributed by atoms with Gasteiger partial charge >= 0.3 is 0 Å². The van der Waals surface area contributed by atoms with Crippen molar-refractivity contribution in [1.82, 2.24) is 19.8 Å². The van der Waals surface area contributed by atoms with Crippen LogP contribution in [0.3, 0.4) is 0 Å². The zero-order valence-electron chi connectivity index (χ0n) is 15.6. The van der Waals surface area contributed by atoms with E-state index in [4.69, 9.17) is 9.84 Å². The van der Waals surface area contributed by atoms with Gasteiger partial charge in [0.1, 0.15) is 17.3 Å². The van der Waals surface area contributed by atoms with Gasteiger partial charge in [0, 0.05) is 11.5 Å². The maximum absolute atomic E-state index is 6.10. The van der Waals surface area contributed by atoms with Crippen molar-refractivity contribution in [2.45, 2.75) is 31.7 Å². The molecule has 2 heterocycles. The molecule has 1 unspecified atom stereocenters. The lowest BCUT2D eigenvalue weighted by Gasteiger charge is -2.18. The molecule has 2 aromatic heterocycles. The van der Waals surface area contributed by atoms with Gasteiger partial charge in [-0.05, 0) is 50.1 Å². The van der Waals surface area contributed by atoms with Crippen molar-refractivity contribution >= 4 is 11.5 Å². The quantitative estimate of drug-likeness (QED) is 0.518. The van der Waals surface area contributed by atoms with Crippen molar-refractivity contribution in [2.24, 2.45) is 0 Å².